The number of carbonyl (C=O) groups excluding carboxylic acids is 2. The maximum atomic E-state index is 14.2. The first-order valence-corrected chi connectivity index (χ1v) is 9.26. The van der Waals surface area contributed by atoms with Crippen LogP contribution in [0.1, 0.15) is 20.7 Å². The van der Waals surface area contributed by atoms with Gasteiger partial charge in [0.2, 0.25) is 0 Å². The number of anilines is 1. The van der Waals surface area contributed by atoms with Crippen LogP contribution in [0.5, 0.6) is 0 Å². The Kier molecular flexibility index (Phi) is 5.55. The van der Waals surface area contributed by atoms with E-state index in [1.165, 1.54) is 0 Å². The number of amides is 1. The molecule has 0 aliphatic carbocycles. The quantitative estimate of drug-likeness (QED) is 0.453. The number of nitrogens with one attached hydrogen (secondary N) is 1. The van der Waals surface area contributed by atoms with Gasteiger partial charge < -0.3 is 5.32 Å². The van der Waals surface area contributed by atoms with E-state index in [9.17, 15) is 27.2 Å². The summed E-state index contributed by atoms with van der Waals surface area (Å²) in [6, 6.07) is 14.0. The van der Waals surface area contributed by atoms with Gasteiger partial charge in [-0.1, -0.05) is 42.5 Å². The fourth-order valence-corrected chi connectivity index (χ4v) is 3.18. The number of benzene rings is 3. The van der Waals surface area contributed by atoms with Gasteiger partial charge in [0.1, 0.15) is 40.1 Å². The highest BCUT2D eigenvalue weighted by molar-refractivity contribution is 6.07. The van der Waals surface area contributed by atoms with E-state index in [4.69, 9.17) is 0 Å². The molecule has 1 heterocycles. The molecule has 9 heteroatoms. The molecule has 0 aliphatic heterocycles. The van der Waals surface area contributed by atoms with E-state index >= 15 is 0 Å². The van der Waals surface area contributed by atoms with Gasteiger partial charge in [0.25, 0.3) is 11.8 Å². The van der Waals surface area contributed by atoms with Crippen LogP contribution in [0, 0.1) is 23.3 Å². The second kappa shape index (κ2) is 8.46. The van der Waals surface area contributed by atoms with E-state index in [-0.39, 0.29) is 11.4 Å². The molecule has 0 aliphatic rings. The van der Waals surface area contributed by atoms with Crippen molar-refractivity contribution in [2.24, 2.45) is 0 Å². The molecule has 160 valence electrons. The van der Waals surface area contributed by atoms with Crippen molar-refractivity contribution in [3.8, 4) is 11.3 Å². The zero-order chi connectivity index (χ0) is 22.8. The fourth-order valence-electron chi connectivity index (χ4n) is 3.18. The molecule has 32 heavy (non-hydrogen) atoms. The van der Waals surface area contributed by atoms with Gasteiger partial charge in [-0.3, -0.25) is 9.59 Å². The Bertz CT molecular complexity index is 1300. The van der Waals surface area contributed by atoms with Crippen molar-refractivity contribution < 1.29 is 27.2 Å². The molecule has 4 rings (SSSR count). The Morgan fingerprint density at radius 2 is 1.25 bits per heavy atom. The summed E-state index contributed by atoms with van der Waals surface area (Å²) in [4.78, 5) is 25.5. The van der Waals surface area contributed by atoms with Crippen molar-refractivity contribution in [2.45, 2.75) is 0 Å². The fraction of sp³-hybridized carbons (Fsp3) is 0. The zero-order valence-corrected chi connectivity index (χ0v) is 16.2. The van der Waals surface area contributed by atoms with Crippen LogP contribution in [0.3, 0.4) is 0 Å². The van der Waals surface area contributed by atoms with Crippen LogP contribution >= 0.6 is 0 Å². The summed E-state index contributed by atoms with van der Waals surface area (Å²) in [7, 11) is 0. The molecule has 1 N–H and O–H groups in total. The molecule has 0 atom stereocenters. The maximum Gasteiger partial charge on any atom is 0.284 e. The second-order valence-corrected chi connectivity index (χ2v) is 6.64. The SMILES string of the molecule is O=C(Nc1cnn(C(=O)c2c(F)cccc2F)c1-c1ccccc1)c1c(F)cccc1F. The average molecular weight is 439 g/mol. The Morgan fingerprint density at radius 1 is 0.719 bits per heavy atom. The Hall–Kier alpha value is -4.27. The standard InChI is InChI=1S/C23H13F4N3O2/c24-14-8-4-9-15(25)19(14)22(31)29-18-12-28-30(21(18)13-6-2-1-3-7-13)23(32)20-16(26)10-5-11-17(20)27/h1-12H,(H,29,31). The van der Waals surface area contributed by atoms with Crippen LogP contribution in [0.15, 0.2) is 72.9 Å². The van der Waals surface area contributed by atoms with Gasteiger partial charge in [0.05, 0.1) is 11.9 Å². The lowest BCUT2D eigenvalue weighted by Gasteiger charge is -2.11. The molecule has 0 saturated heterocycles. The third-order valence-corrected chi connectivity index (χ3v) is 4.62. The smallest absolute Gasteiger partial charge is 0.284 e. The van der Waals surface area contributed by atoms with Gasteiger partial charge in [-0.25, -0.2) is 17.6 Å². The van der Waals surface area contributed by atoms with E-state index in [1.54, 1.807) is 30.3 Å². The van der Waals surface area contributed by atoms with Crippen molar-refractivity contribution in [3.63, 3.8) is 0 Å². The first kappa shape index (κ1) is 21.0. The number of carbonyl (C=O) groups is 2. The first-order chi connectivity index (χ1) is 15.4. The molecule has 0 saturated carbocycles. The summed E-state index contributed by atoms with van der Waals surface area (Å²) < 4.78 is 57.1. The lowest BCUT2D eigenvalue weighted by Crippen LogP contribution is -2.19. The zero-order valence-electron chi connectivity index (χ0n) is 16.2. The Balaban J connectivity index is 1.82. The van der Waals surface area contributed by atoms with Gasteiger partial charge in [-0.15, -0.1) is 0 Å². The third kappa shape index (κ3) is 3.76. The Morgan fingerprint density at radius 3 is 1.81 bits per heavy atom. The predicted octanol–water partition coefficient (Wildman–Crippen LogP) is 5.05. The number of rotatable bonds is 4. The molecule has 0 bridgehead atoms. The monoisotopic (exact) mass is 439 g/mol. The minimum atomic E-state index is -1.13. The van der Waals surface area contributed by atoms with Crippen molar-refractivity contribution in [2.75, 3.05) is 5.32 Å². The number of aromatic nitrogens is 2. The summed E-state index contributed by atoms with van der Waals surface area (Å²) in [5.41, 5.74) is -1.42. The number of hydrogen-bond acceptors (Lipinski definition) is 3. The van der Waals surface area contributed by atoms with Crippen LogP contribution in [0.2, 0.25) is 0 Å². The number of halogens is 4. The molecule has 1 aromatic heterocycles. The topological polar surface area (TPSA) is 64.0 Å². The van der Waals surface area contributed by atoms with E-state index < -0.39 is 46.2 Å². The highest BCUT2D eigenvalue weighted by atomic mass is 19.1. The molecular formula is C23H13F4N3O2. The van der Waals surface area contributed by atoms with Gasteiger partial charge in [-0.2, -0.15) is 9.78 Å². The van der Waals surface area contributed by atoms with E-state index in [0.717, 1.165) is 42.6 Å². The molecule has 0 radical (unpaired) electrons. The van der Waals surface area contributed by atoms with Crippen molar-refractivity contribution in [1.82, 2.24) is 9.78 Å². The Labute approximate surface area is 178 Å². The van der Waals surface area contributed by atoms with Crippen molar-refractivity contribution >= 4 is 17.5 Å². The van der Waals surface area contributed by atoms with Crippen LogP contribution < -0.4 is 5.32 Å². The van der Waals surface area contributed by atoms with Gasteiger partial charge >= 0.3 is 0 Å². The third-order valence-electron chi connectivity index (χ3n) is 4.62. The van der Waals surface area contributed by atoms with E-state index in [2.05, 4.69) is 10.4 Å². The van der Waals surface area contributed by atoms with E-state index in [0.29, 0.717) is 10.2 Å². The maximum absolute atomic E-state index is 14.2. The molecular weight excluding hydrogens is 426 g/mol. The van der Waals surface area contributed by atoms with Crippen molar-refractivity contribution in [3.05, 3.63) is 107 Å². The molecule has 4 aromatic rings. The predicted molar refractivity (Wildman–Crippen MR) is 108 cm³/mol. The molecule has 5 nitrogen and oxygen atoms in total. The molecule has 1 amide bonds. The largest absolute Gasteiger partial charge is 0.319 e. The normalized spacial score (nSPS) is 10.8. The second-order valence-electron chi connectivity index (χ2n) is 6.64. The van der Waals surface area contributed by atoms with Crippen LogP contribution in [0.25, 0.3) is 11.3 Å². The minimum absolute atomic E-state index is 0.0247. The van der Waals surface area contributed by atoms with Crippen LogP contribution in [-0.4, -0.2) is 21.6 Å². The lowest BCUT2D eigenvalue weighted by atomic mass is 10.1. The van der Waals surface area contributed by atoms with Crippen LogP contribution in [0.4, 0.5) is 23.2 Å². The lowest BCUT2D eigenvalue weighted by molar-refractivity contribution is 0.0937. The van der Waals surface area contributed by atoms with Crippen molar-refractivity contribution in [1.29, 1.82) is 0 Å². The van der Waals surface area contributed by atoms with Gasteiger partial charge in [0, 0.05) is 5.56 Å². The molecule has 0 unspecified atom stereocenters. The summed E-state index contributed by atoms with van der Waals surface area (Å²) in [6.07, 6.45) is 1.05. The summed E-state index contributed by atoms with van der Waals surface area (Å²) in [6.45, 7) is 0. The first-order valence-electron chi connectivity index (χ1n) is 9.26. The highest BCUT2D eigenvalue weighted by Crippen LogP contribution is 2.30. The minimum Gasteiger partial charge on any atom is -0.319 e. The highest BCUT2D eigenvalue weighted by Gasteiger charge is 2.26. The van der Waals surface area contributed by atoms with Crippen LogP contribution in [-0.2, 0) is 0 Å². The van der Waals surface area contributed by atoms with Gasteiger partial charge in [-0.05, 0) is 24.3 Å². The van der Waals surface area contributed by atoms with E-state index in [1.807, 2.05) is 0 Å². The summed E-state index contributed by atoms with van der Waals surface area (Å²) >= 11 is 0. The summed E-state index contributed by atoms with van der Waals surface area (Å²) in [5.74, 6) is -6.60. The van der Waals surface area contributed by atoms with Gasteiger partial charge in [0.15, 0.2) is 0 Å². The number of nitrogens with zero attached hydrogens (tertiary/aromatic N) is 2. The molecule has 0 fully saturated rings. The molecule has 0 spiro atoms. The number of hydrogen-bond donors (Lipinski definition) is 1. The average Bonchev–Trinajstić information content (AvgIpc) is 3.17. The summed E-state index contributed by atoms with van der Waals surface area (Å²) in [5, 5.41) is 6.20. The molecule has 3 aromatic carbocycles.